The van der Waals surface area contributed by atoms with Crippen LogP contribution in [-0.4, -0.2) is 40.9 Å². The Labute approximate surface area is 156 Å². The fourth-order valence-corrected chi connectivity index (χ4v) is 5.84. The average molecular weight is 378 g/mol. The number of amides is 1. The molecule has 0 radical (unpaired) electrons. The van der Waals surface area contributed by atoms with Crippen molar-refractivity contribution in [3.8, 4) is 0 Å². The Balaban J connectivity index is 1.43. The van der Waals surface area contributed by atoms with Gasteiger partial charge in [-0.25, -0.2) is 9.97 Å². The molecule has 0 unspecified atom stereocenters. The average Bonchev–Trinajstić information content (AvgIpc) is 3.24. The molecule has 25 heavy (non-hydrogen) atoms. The molecule has 5 nitrogen and oxygen atoms in total. The van der Waals surface area contributed by atoms with Crippen LogP contribution in [-0.2, 0) is 22.4 Å². The number of thioether (sulfide) groups is 1. The van der Waals surface area contributed by atoms with Gasteiger partial charge in [0.15, 0.2) is 0 Å². The molecule has 0 spiro atoms. The third-order valence-corrected chi connectivity index (χ3v) is 7.10. The molecule has 1 saturated heterocycles. The summed E-state index contributed by atoms with van der Waals surface area (Å²) in [7, 11) is 0. The largest absolute Gasteiger partial charge is 0.376 e. The summed E-state index contributed by atoms with van der Waals surface area (Å²) in [6.45, 7) is 3.74. The highest BCUT2D eigenvalue weighted by atomic mass is 32.2. The first-order valence-corrected chi connectivity index (χ1v) is 10.8. The number of carbonyl (C=O) groups excluding carboxylic acids is 1. The van der Waals surface area contributed by atoms with E-state index in [1.54, 1.807) is 17.7 Å². The zero-order valence-electron chi connectivity index (χ0n) is 14.4. The van der Waals surface area contributed by atoms with E-state index in [-0.39, 0.29) is 12.0 Å². The maximum atomic E-state index is 12.2. The van der Waals surface area contributed by atoms with Crippen LogP contribution in [0.2, 0.25) is 0 Å². The van der Waals surface area contributed by atoms with E-state index in [1.165, 1.54) is 34.0 Å². The number of nitrogens with one attached hydrogen (secondary N) is 1. The van der Waals surface area contributed by atoms with E-state index in [0.29, 0.717) is 12.3 Å². The number of hydrogen-bond acceptors (Lipinski definition) is 6. The molecule has 0 bridgehead atoms. The Bertz CT molecular complexity index is 771. The lowest BCUT2D eigenvalue weighted by Gasteiger charge is -2.18. The minimum atomic E-state index is 0.0463. The van der Waals surface area contributed by atoms with Gasteiger partial charge in [-0.05, 0) is 43.6 Å². The van der Waals surface area contributed by atoms with Crippen LogP contribution in [0.5, 0.6) is 0 Å². The topological polar surface area (TPSA) is 64.1 Å². The van der Waals surface area contributed by atoms with E-state index < -0.39 is 0 Å². The molecule has 1 aliphatic carbocycles. The molecular formula is C18H23N3O2S2. The zero-order valence-corrected chi connectivity index (χ0v) is 16.0. The summed E-state index contributed by atoms with van der Waals surface area (Å²) in [5.41, 5.74) is 1.42. The van der Waals surface area contributed by atoms with E-state index in [1.807, 2.05) is 0 Å². The van der Waals surface area contributed by atoms with Crippen molar-refractivity contribution in [3.63, 3.8) is 0 Å². The third-order valence-electron chi connectivity index (χ3n) is 4.95. The molecule has 2 aromatic heterocycles. The second kappa shape index (κ2) is 7.60. The second-order valence-electron chi connectivity index (χ2n) is 6.94. The standard InChI is InChI=1S/C18H23N3O2S2/c1-11-4-5-13-14(7-11)25-18-16(13)17(20-10-21-18)24-9-15(22)19-8-12-3-2-6-23-12/h10-12H,2-9H2,1H3,(H,19,22)/t11-,12+/m1/s1. The number of thiophene rings is 1. The number of hydrogen-bond donors (Lipinski definition) is 1. The van der Waals surface area contributed by atoms with Gasteiger partial charge in [0.2, 0.25) is 5.91 Å². The Morgan fingerprint density at radius 1 is 1.44 bits per heavy atom. The normalized spacial score (nSPS) is 22.9. The van der Waals surface area contributed by atoms with E-state index in [2.05, 4.69) is 22.2 Å². The van der Waals surface area contributed by atoms with Gasteiger partial charge in [-0.15, -0.1) is 11.3 Å². The van der Waals surface area contributed by atoms with E-state index in [4.69, 9.17) is 4.74 Å². The van der Waals surface area contributed by atoms with Crippen molar-refractivity contribution < 1.29 is 9.53 Å². The highest BCUT2D eigenvalue weighted by Crippen LogP contribution is 2.40. The van der Waals surface area contributed by atoms with Crippen LogP contribution >= 0.6 is 23.1 Å². The van der Waals surface area contributed by atoms with Crippen LogP contribution in [0, 0.1) is 5.92 Å². The summed E-state index contributed by atoms with van der Waals surface area (Å²) in [5.74, 6) is 1.18. The summed E-state index contributed by atoms with van der Waals surface area (Å²) in [5, 5.41) is 5.11. The Morgan fingerprint density at radius 2 is 2.36 bits per heavy atom. The highest BCUT2D eigenvalue weighted by Gasteiger charge is 2.23. The lowest BCUT2D eigenvalue weighted by molar-refractivity contribution is -0.119. The Kier molecular flexibility index (Phi) is 5.24. The monoisotopic (exact) mass is 377 g/mol. The van der Waals surface area contributed by atoms with E-state index >= 15 is 0 Å². The first kappa shape index (κ1) is 17.2. The maximum Gasteiger partial charge on any atom is 0.230 e. The number of fused-ring (bicyclic) bond motifs is 3. The minimum Gasteiger partial charge on any atom is -0.376 e. The minimum absolute atomic E-state index is 0.0463. The number of rotatable bonds is 5. The zero-order chi connectivity index (χ0) is 17.2. The summed E-state index contributed by atoms with van der Waals surface area (Å²) < 4.78 is 5.54. The molecule has 1 amide bonds. The van der Waals surface area contributed by atoms with Crippen LogP contribution < -0.4 is 5.32 Å². The van der Waals surface area contributed by atoms with Crippen LogP contribution in [0.15, 0.2) is 11.4 Å². The molecule has 2 aromatic rings. The molecule has 4 rings (SSSR count). The third kappa shape index (κ3) is 3.83. The van der Waals surface area contributed by atoms with Gasteiger partial charge in [0.1, 0.15) is 16.2 Å². The first-order chi connectivity index (χ1) is 12.2. The molecule has 0 saturated carbocycles. The van der Waals surface area contributed by atoms with Crippen molar-refractivity contribution in [2.24, 2.45) is 5.92 Å². The van der Waals surface area contributed by atoms with Gasteiger partial charge in [0.25, 0.3) is 0 Å². The van der Waals surface area contributed by atoms with Gasteiger partial charge < -0.3 is 10.1 Å². The Hall–Kier alpha value is -1.18. The lowest BCUT2D eigenvalue weighted by Crippen LogP contribution is -2.32. The van der Waals surface area contributed by atoms with Gasteiger partial charge in [0.05, 0.1) is 11.9 Å². The van der Waals surface area contributed by atoms with E-state index in [0.717, 1.165) is 48.1 Å². The molecule has 2 atom stereocenters. The summed E-state index contributed by atoms with van der Waals surface area (Å²) in [4.78, 5) is 23.6. The Morgan fingerprint density at radius 3 is 3.20 bits per heavy atom. The maximum absolute atomic E-state index is 12.2. The van der Waals surface area contributed by atoms with Crippen molar-refractivity contribution in [1.29, 1.82) is 0 Å². The fraction of sp³-hybridized carbons (Fsp3) is 0.611. The molecule has 134 valence electrons. The summed E-state index contributed by atoms with van der Waals surface area (Å²) in [6, 6.07) is 0. The van der Waals surface area contributed by atoms with E-state index in [9.17, 15) is 4.79 Å². The van der Waals surface area contributed by atoms with Gasteiger partial charge >= 0.3 is 0 Å². The second-order valence-corrected chi connectivity index (χ2v) is 8.99. The number of aryl methyl sites for hydroxylation is 1. The van der Waals surface area contributed by atoms with Crippen molar-refractivity contribution >= 4 is 39.2 Å². The van der Waals surface area contributed by atoms with Gasteiger partial charge in [-0.1, -0.05) is 18.7 Å². The van der Waals surface area contributed by atoms with Gasteiger partial charge in [0, 0.05) is 23.4 Å². The van der Waals surface area contributed by atoms with Gasteiger partial charge in [-0.3, -0.25) is 4.79 Å². The van der Waals surface area contributed by atoms with Crippen LogP contribution in [0.3, 0.4) is 0 Å². The van der Waals surface area contributed by atoms with Crippen molar-refractivity contribution in [2.45, 2.75) is 50.2 Å². The molecule has 2 aliphatic rings. The summed E-state index contributed by atoms with van der Waals surface area (Å²) in [6.07, 6.45) is 7.41. The first-order valence-electron chi connectivity index (χ1n) is 8.97. The predicted octanol–water partition coefficient (Wildman–Crippen LogP) is 3.20. The molecular weight excluding hydrogens is 354 g/mol. The van der Waals surface area contributed by atoms with Crippen molar-refractivity contribution in [1.82, 2.24) is 15.3 Å². The molecule has 1 aliphatic heterocycles. The smallest absolute Gasteiger partial charge is 0.230 e. The molecule has 3 heterocycles. The SMILES string of the molecule is C[C@@H]1CCc2c(sc3ncnc(SCC(=O)NC[C@@H]4CCCO4)c23)C1. The van der Waals surface area contributed by atoms with Crippen molar-refractivity contribution in [3.05, 3.63) is 16.8 Å². The number of carbonyl (C=O) groups is 1. The number of ether oxygens (including phenoxy) is 1. The van der Waals surface area contributed by atoms with Crippen LogP contribution in [0.25, 0.3) is 10.2 Å². The molecule has 7 heteroatoms. The van der Waals surface area contributed by atoms with Gasteiger partial charge in [-0.2, -0.15) is 0 Å². The molecule has 0 aromatic carbocycles. The van der Waals surface area contributed by atoms with Crippen LogP contribution in [0.1, 0.15) is 36.6 Å². The fourth-order valence-electron chi connectivity index (χ4n) is 3.57. The summed E-state index contributed by atoms with van der Waals surface area (Å²) >= 11 is 3.32. The lowest BCUT2D eigenvalue weighted by atomic mass is 9.89. The number of aromatic nitrogens is 2. The number of nitrogens with zero attached hydrogens (tertiary/aromatic N) is 2. The predicted molar refractivity (Wildman–Crippen MR) is 101 cm³/mol. The highest BCUT2D eigenvalue weighted by molar-refractivity contribution is 8.00. The molecule has 1 N–H and O–H groups in total. The quantitative estimate of drug-likeness (QED) is 0.640. The van der Waals surface area contributed by atoms with Crippen LogP contribution in [0.4, 0.5) is 0 Å². The molecule has 1 fully saturated rings. The van der Waals surface area contributed by atoms with Crippen molar-refractivity contribution in [2.75, 3.05) is 18.9 Å².